The van der Waals surface area contributed by atoms with Crippen molar-refractivity contribution in [3.05, 3.63) is 82.1 Å². The fourth-order valence-electron chi connectivity index (χ4n) is 4.06. The summed E-state index contributed by atoms with van der Waals surface area (Å²) in [5, 5.41) is 22.5. The van der Waals surface area contributed by atoms with Crippen LogP contribution in [0.4, 0.5) is 22.1 Å². The van der Waals surface area contributed by atoms with Gasteiger partial charge in [0.25, 0.3) is 0 Å². The van der Waals surface area contributed by atoms with E-state index in [9.17, 15) is 14.7 Å². The standard InChI is InChI=1S/C30H33Cl2N7O4/c1-4-5-6-20-15-26(39(37-20)21-9-7-19(18-40)8-10-21)36-30(42)34-23-11-12-24(29(32)28(23)31)43-22-13-14-33-25(16-22)35-27(41)17-38(2)3/h7-16,40H,4-6,17-18H2,1-3H3,(H,33,35,41)(H2,34,36,42). The molecule has 2 aromatic heterocycles. The molecule has 11 nitrogen and oxygen atoms in total. The van der Waals surface area contributed by atoms with Gasteiger partial charge in [-0.2, -0.15) is 5.10 Å². The van der Waals surface area contributed by atoms with Crippen LogP contribution in [-0.4, -0.2) is 57.3 Å². The van der Waals surface area contributed by atoms with Gasteiger partial charge in [0.2, 0.25) is 5.91 Å². The topological polar surface area (TPSA) is 134 Å². The number of hydrogen-bond acceptors (Lipinski definition) is 7. The third kappa shape index (κ3) is 8.68. The van der Waals surface area contributed by atoms with Crippen molar-refractivity contribution >= 4 is 52.5 Å². The first-order valence-corrected chi connectivity index (χ1v) is 14.4. The number of benzene rings is 2. The number of ether oxygens (including phenoxy) is 1. The monoisotopic (exact) mass is 625 g/mol. The van der Waals surface area contributed by atoms with Crippen molar-refractivity contribution in [3.8, 4) is 17.2 Å². The lowest BCUT2D eigenvalue weighted by atomic mass is 10.2. The van der Waals surface area contributed by atoms with Crippen LogP contribution >= 0.6 is 23.2 Å². The molecule has 4 rings (SSSR count). The number of carbonyl (C=O) groups excluding carboxylic acids is 2. The normalized spacial score (nSPS) is 11.0. The van der Waals surface area contributed by atoms with Crippen LogP contribution in [0.3, 0.4) is 0 Å². The van der Waals surface area contributed by atoms with Crippen LogP contribution in [0.5, 0.6) is 11.5 Å². The van der Waals surface area contributed by atoms with Crippen molar-refractivity contribution < 1.29 is 19.4 Å². The van der Waals surface area contributed by atoms with Crippen molar-refractivity contribution in [2.75, 3.05) is 36.6 Å². The van der Waals surface area contributed by atoms with Crippen LogP contribution in [-0.2, 0) is 17.8 Å². The number of halogens is 2. The molecule has 2 heterocycles. The number of carbonyl (C=O) groups is 2. The molecule has 0 aliphatic carbocycles. The molecule has 226 valence electrons. The van der Waals surface area contributed by atoms with E-state index in [-0.39, 0.29) is 40.5 Å². The number of unbranched alkanes of at least 4 members (excludes halogenated alkanes) is 1. The summed E-state index contributed by atoms with van der Waals surface area (Å²) in [6, 6.07) is 14.8. The summed E-state index contributed by atoms with van der Waals surface area (Å²) in [5.74, 6) is 1.20. The second-order valence-corrected chi connectivity index (χ2v) is 10.7. The molecular weight excluding hydrogens is 593 g/mol. The minimum atomic E-state index is -0.547. The molecule has 0 unspecified atom stereocenters. The second kappa shape index (κ2) is 14.8. The fraction of sp³-hybridized carbons (Fsp3) is 0.267. The molecule has 0 bridgehead atoms. The molecule has 0 saturated heterocycles. The zero-order valence-corrected chi connectivity index (χ0v) is 25.5. The lowest BCUT2D eigenvalue weighted by Crippen LogP contribution is -2.27. The summed E-state index contributed by atoms with van der Waals surface area (Å²) in [6.45, 7) is 2.24. The van der Waals surface area contributed by atoms with Gasteiger partial charge in [-0.3, -0.25) is 10.1 Å². The Kier molecular flexibility index (Phi) is 11.0. The highest BCUT2D eigenvalue weighted by molar-refractivity contribution is 6.45. The number of aliphatic hydroxyl groups is 1. The van der Waals surface area contributed by atoms with Crippen molar-refractivity contribution in [2.24, 2.45) is 0 Å². The van der Waals surface area contributed by atoms with Crippen LogP contribution in [0.1, 0.15) is 31.0 Å². The van der Waals surface area contributed by atoms with Gasteiger partial charge in [-0.15, -0.1) is 0 Å². The first-order valence-electron chi connectivity index (χ1n) is 13.6. The van der Waals surface area contributed by atoms with E-state index >= 15 is 0 Å². The SMILES string of the molecule is CCCCc1cc(NC(=O)Nc2ccc(Oc3ccnc(NC(=O)CN(C)C)c3)c(Cl)c2Cl)n(-c2ccc(CO)cc2)n1. The summed E-state index contributed by atoms with van der Waals surface area (Å²) in [5.41, 5.74) is 2.61. The number of nitrogens with zero attached hydrogens (tertiary/aromatic N) is 4. The minimum absolute atomic E-state index is 0.0688. The van der Waals surface area contributed by atoms with E-state index in [0.717, 1.165) is 36.2 Å². The number of amides is 3. The predicted molar refractivity (Wildman–Crippen MR) is 169 cm³/mol. The quantitative estimate of drug-likeness (QED) is 0.144. The van der Waals surface area contributed by atoms with Gasteiger partial charge in [0, 0.05) is 18.3 Å². The zero-order chi connectivity index (χ0) is 30.9. The Balaban J connectivity index is 1.47. The van der Waals surface area contributed by atoms with E-state index < -0.39 is 6.03 Å². The largest absolute Gasteiger partial charge is 0.456 e. The molecule has 0 spiro atoms. The van der Waals surface area contributed by atoms with Gasteiger partial charge >= 0.3 is 6.03 Å². The predicted octanol–water partition coefficient (Wildman–Crippen LogP) is 6.35. The summed E-state index contributed by atoms with van der Waals surface area (Å²) >= 11 is 13.0. The first-order chi connectivity index (χ1) is 20.7. The smallest absolute Gasteiger partial charge is 0.324 e. The number of aromatic nitrogens is 3. The maximum Gasteiger partial charge on any atom is 0.324 e. The number of anilines is 3. The highest BCUT2D eigenvalue weighted by Gasteiger charge is 2.17. The van der Waals surface area contributed by atoms with Gasteiger partial charge in [0.05, 0.1) is 35.2 Å². The Bertz CT molecular complexity index is 1580. The van der Waals surface area contributed by atoms with E-state index in [1.807, 2.05) is 18.2 Å². The number of nitrogens with one attached hydrogen (secondary N) is 3. The fourth-order valence-corrected chi connectivity index (χ4v) is 4.46. The van der Waals surface area contributed by atoms with Gasteiger partial charge in [-0.05, 0) is 62.8 Å². The number of aliphatic hydroxyl groups excluding tert-OH is 1. The van der Waals surface area contributed by atoms with Crippen molar-refractivity contribution in [3.63, 3.8) is 0 Å². The van der Waals surface area contributed by atoms with Crippen LogP contribution in [0.25, 0.3) is 5.69 Å². The number of pyridine rings is 1. The summed E-state index contributed by atoms with van der Waals surface area (Å²) in [7, 11) is 3.58. The lowest BCUT2D eigenvalue weighted by Gasteiger charge is -2.14. The van der Waals surface area contributed by atoms with Gasteiger partial charge in [-0.25, -0.2) is 14.5 Å². The molecule has 2 aromatic carbocycles. The number of likely N-dealkylation sites (N-methyl/N-ethyl adjacent to an activating group) is 1. The number of rotatable bonds is 12. The molecule has 0 aliphatic heterocycles. The maximum atomic E-state index is 13.0. The Morgan fingerprint density at radius 3 is 2.47 bits per heavy atom. The molecule has 0 saturated carbocycles. The summed E-state index contributed by atoms with van der Waals surface area (Å²) in [4.78, 5) is 31.0. The number of aryl methyl sites for hydroxylation is 1. The average Bonchev–Trinajstić information content (AvgIpc) is 3.37. The molecule has 0 radical (unpaired) electrons. The Hall–Kier alpha value is -4.16. The number of hydrogen-bond donors (Lipinski definition) is 4. The molecule has 4 aromatic rings. The van der Waals surface area contributed by atoms with Gasteiger partial charge < -0.3 is 25.4 Å². The molecule has 4 N–H and O–H groups in total. The van der Waals surface area contributed by atoms with Gasteiger partial charge in [0.1, 0.15) is 28.2 Å². The van der Waals surface area contributed by atoms with Crippen molar-refractivity contribution in [1.29, 1.82) is 0 Å². The van der Waals surface area contributed by atoms with E-state index in [0.29, 0.717) is 17.4 Å². The third-order valence-corrected chi connectivity index (χ3v) is 7.00. The van der Waals surface area contributed by atoms with Crippen LogP contribution in [0.2, 0.25) is 10.0 Å². The van der Waals surface area contributed by atoms with Crippen LogP contribution in [0.15, 0.2) is 60.8 Å². The van der Waals surface area contributed by atoms with E-state index in [1.54, 1.807) is 60.1 Å². The number of urea groups is 1. The second-order valence-electron chi connectivity index (χ2n) is 9.94. The molecule has 3 amide bonds. The van der Waals surface area contributed by atoms with E-state index in [1.165, 1.54) is 6.20 Å². The minimum Gasteiger partial charge on any atom is -0.456 e. The maximum absolute atomic E-state index is 13.0. The summed E-state index contributed by atoms with van der Waals surface area (Å²) < 4.78 is 7.53. The molecule has 0 aliphatic rings. The highest BCUT2D eigenvalue weighted by atomic mass is 35.5. The zero-order valence-electron chi connectivity index (χ0n) is 24.0. The summed E-state index contributed by atoms with van der Waals surface area (Å²) in [6.07, 6.45) is 4.23. The first kappa shape index (κ1) is 31.8. The highest BCUT2D eigenvalue weighted by Crippen LogP contribution is 2.39. The van der Waals surface area contributed by atoms with Crippen LogP contribution < -0.4 is 20.7 Å². The lowest BCUT2D eigenvalue weighted by molar-refractivity contribution is -0.116. The van der Waals surface area contributed by atoms with Gasteiger partial charge in [0.15, 0.2) is 0 Å². The average molecular weight is 627 g/mol. The van der Waals surface area contributed by atoms with E-state index in [4.69, 9.17) is 27.9 Å². The van der Waals surface area contributed by atoms with E-state index in [2.05, 4.69) is 33.0 Å². The molecule has 0 fully saturated rings. The van der Waals surface area contributed by atoms with Crippen LogP contribution in [0, 0.1) is 0 Å². The molecule has 13 heteroatoms. The van der Waals surface area contributed by atoms with Crippen molar-refractivity contribution in [2.45, 2.75) is 32.8 Å². The molecular formula is C30H33Cl2N7O4. The Morgan fingerprint density at radius 2 is 1.77 bits per heavy atom. The molecule has 0 atom stereocenters. The Labute approximate surface area is 259 Å². The third-order valence-electron chi connectivity index (χ3n) is 6.13. The van der Waals surface area contributed by atoms with Crippen molar-refractivity contribution in [1.82, 2.24) is 19.7 Å². The molecule has 43 heavy (non-hydrogen) atoms. The Morgan fingerprint density at radius 1 is 1.00 bits per heavy atom. The van der Waals surface area contributed by atoms with Gasteiger partial charge in [-0.1, -0.05) is 48.7 Å².